The number of carbonyl (C=O) groups is 1. The third kappa shape index (κ3) is 3.81. The van der Waals surface area contributed by atoms with E-state index < -0.39 is 0 Å². The molecule has 1 fully saturated rings. The van der Waals surface area contributed by atoms with Crippen LogP contribution >= 0.6 is 0 Å². The van der Waals surface area contributed by atoms with Crippen molar-refractivity contribution in [3.8, 4) is 0 Å². The van der Waals surface area contributed by atoms with Crippen LogP contribution in [0.15, 0.2) is 24.5 Å². The van der Waals surface area contributed by atoms with Crippen molar-refractivity contribution in [3.05, 3.63) is 30.1 Å². The van der Waals surface area contributed by atoms with Crippen LogP contribution < -0.4 is 5.32 Å². The Morgan fingerprint density at radius 1 is 1.44 bits per heavy atom. The molecule has 0 radical (unpaired) electrons. The largest absolute Gasteiger partial charge is 0.334 e. The number of carbonyl (C=O) groups excluding carboxylic acids is 1. The number of rotatable bonds is 6. The summed E-state index contributed by atoms with van der Waals surface area (Å²) >= 11 is 0. The smallest absolute Gasteiger partial charge is 0.237 e. The molecule has 0 bridgehead atoms. The molecule has 1 amide bonds. The number of aromatic nitrogens is 1. The molecule has 0 atom stereocenters. The fraction of sp³-hybridized carbons (Fsp3) is 0.571. The minimum atomic E-state index is 0.197. The quantitative estimate of drug-likeness (QED) is 0.830. The van der Waals surface area contributed by atoms with Crippen molar-refractivity contribution in [2.24, 2.45) is 0 Å². The topological polar surface area (TPSA) is 45.2 Å². The van der Waals surface area contributed by atoms with E-state index in [1.807, 2.05) is 17.0 Å². The number of pyridine rings is 1. The van der Waals surface area contributed by atoms with E-state index in [1.165, 1.54) is 0 Å². The van der Waals surface area contributed by atoms with E-state index in [0.29, 0.717) is 25.2 Å². The average molecular weight is 247 g/mol. The zero-order valence-electron chi connectivity index (χ0n) is 11.1. The lowest BCUT2D eigenvalue weighted by molar-refractivity contribution is -0.131. The van der Waals surface area contributed by atoms with Crippen molar-refractivity contribution in [3.63, 3.8) is 0 Å². The Balaban J connectivity index is 1.94. The first-order chi connectivity index (χ1) is 8.66. The lowest BCUT2D eigenvalue weighted by Crippen LogP contribution is -2.41. The van der Waals surface area contributed by atoms with Crippen LogP contribution in [-0.2, 0) is 11.3 Å². The van der Waals surface area contributed by atoms with Gasteiger partial charge in [0.15, 0.2) is 0 Å². The first-order valence-electron chi connectivity index (χ1n) is 6.58. The minimum Gasteiger partial charge on any atom is -0.334 e. The molecule has 0 aromatic carbocycles. The molecule has 4 nitrogen and oxygen atoms in total. The summed E-state index contributed by atoms with van der Waals surface area (Å²) in [6.07, 6.45) is 5.82. The summed E-state index contributed by atoms with van der Waals surface area (Å²) in [5.41, 5.74) is 1.15. The Hall–Kier alpha value is -1.42. The Labute approximate surface area is 108 Å². The number of amides is 1. The van der Waals surface area contributed by atoms with Gasteiger partial charge >= 0.3 is 0 Å². The van der Waals surface area contributed by atoms with Gasteiger partial charge in [0, 0.05) is 31.0 Å². The van der Waals surface area contributed by atoms with E-state index in [4.69, 9.17) is 0 Å². The number of nitrogens with one attached hydrogen (secondary N) is 1. The second kappa shape index (κ2) is 5.96. The van der Waals surface area contributed by atoms with Gasteiger partial charge in [-0.1, -0.05) is 13.8 Å². The predicted octanol–water partition coefficient (Wildman–Crippen LogP) is 1.57. The van der Waals surface area contributed by atoms with Gasteiger partial charge in [0.05, 0.1) is 6.54 Å². The number of hydrogen-bond donors (Lipinski definition) is 1. The van der Waals surface area contributed by atoms with Crippen molar-refractivity contribution in [1.82, 2.24) is 15.2 Å². The molecule has 0 spiro atoms. The third-order valence-electron chi connectivity index (χ3n) is 3.07. The lowest BCUT2D eigenvalue weighted by atomic mass is 10.2. The van der Waals surface area contributed by atoms with Gasteiger partial charge in [0.25, 0.3) is 0 Å². The van der Waals surface area contributed by atoms with Crippen molar-refractivity contribution in [2.45, 2.75) is 45.3 Å². The van der Waals surface area contributed by atoms with E-state index in [9.17, 15) is 4.79 Å². The SMILES string of the molecule is CC(C)NCC(=O)N(Cc1ccncc1)C1CC1. The van der Waals surface area contributed by atoms with Gasteiger partial charge in [-0.25, -0.2) is 0 Å². The van der Waals surface area contributed by atoms with Crippen LogP contribution in [0.2, 0.25) is 0 Å². The molecule has 1 N–H and O–H groups in total. The summed E-state index contributed by atoms with van der Waals surface area (Å²) in [5.74, 6) is 0.197. The van der Waals surface area contributed by atoms with Crippen LogP contribution in [0.5, 0.6) is 0 Å². The van der Waals surface area contributed by atoms with E-state index in [1.54, 1.807) is 12.4 Å². The number of nitrogens with zero attached hydrogens (tertiary/aromatic N) is 2. The summed E-state index contributed by atoms with van der Waals surface area (Å²) in [6.45, 7) is 5.24. The van der Waals surface area contributed by atoms with Crippen LogP contribution in [0.1, 0.15) is 32.3 Å². The van der Waals surface area contributed by atoms with Gasteiger partial charge in [-0.15, -0.1) is 0 Å². The molecule has 1 aromatic heterocycles. The molecule has 18 heavy (non-hydrogen) atoms. The third-order valence-corrected chi connectivity index (χ3v) is 3.07. The van der Waals surface area contributed by atoms with E-state index in [-0.39, 0.29) is 5.91 Å². The molecule has 1 aliphatic rings. The molecule has 0 unspecified atom stereocenters. The summed E-state index contributed by atoms with van der Waals surface area (Å²) in [6, 6.07) is 4.73. The molecule has 1 heterocycles. The highest BCUT2D eigenvalue weighted by molar-refractivity contribution is 5.79. The summed E-state index contributed by atoms with van der Waals surface area (Å²) < 4.78 is 0. The second-order valence-corrected chi connectivity index (χ2v) is 5.14. The van der Waals surface area contributed by atoms with E-state index >= 15 is 0 Å². The van der Waals surface area contributed by atoms with Gasteiger partial charge in [0.1, 0.15) is 0 Å². The van der Waals surface area contributed by atoms with E-state index in [2.05, 4.69) is 24.1 Å². The first-order valence-corrected chi connectivity index (χ1v) is 6.58. The zero-order chi connectivity index (χ0) is 13.0. The Morgan fingerprint density at radius 2 is 2.11 bits per heavy atom. The van der Waals surface area contributed by atoms with Crippen molar-refractivity contribution in [1.29, 1.82) is 0 Å². The van der Waals surface area contributed by atoms with Crippen LogP contribution in [0.4, 0.5) is 0 Å². The van der Waals surface area contributed by atoms with Gasteiger partial charge < -0.3 is 10.2 Å². The maximum absolute atomic E-state index is 12.2. The molecule has 1 saturated carbocycles. The molecular weight excluding hydrogens is 226 g/mol. The standard InChI is InChI=1S/C14H21N3O/c1-11(2)16-9-14(18)17(13-3-4-13)10-12-5-7-15-8-6-12/h5-8,11,13,16H,3-4,9-10H2,1-2H3. The maximum Gasteiger partial charge on any atom is 0.237 e. The van der Waals surface area contributed by atoms with Gasteiger partial charge in [-0.3, -0.25) is 9.78 Å². The summed E-state index contributed by atoms with van der Waals surface area (Å²) in [5, 5.41) is 3.19. The Bertz CT molecular complexity index is 387. The number of hydrogen-bond acceptors (Lipinski definition) is 3. The monoisotopic (exact) mass is 247 g/mol. The molecule has 1 aromatic rings. The fourth-order valence-corrected chi connectivity index (χ4v) is 1.88. The highest BCUT2D eigenvalue weighted by atomic mass is 16.2. The molecule has 0 saturated heterocycles. The second-order valence-electron chi connectivity index (χ2n) is 5.14. The fourth-order valence-electron chi connectivity index (χ4n) is 1.88. The highest BCUT2D eigenvalue weighted by Crippen LogP contribution is 2.28. The Kier molecular flexibility index (Phi) is 4.31. The van der Waals surface area contributed by atoms with E-state index in [0.717, 1.165) is 18.4 Å². The first kappa shape index (κ1) is 13.0. The molecular formula is C14H21N3O. The van der Waals surface area contributed by atoms with Crippen LogP contribution in [-0.4, -0.2) is 34.4 Å². The molecule has 1 aliphatic carbocycles. The molecule has 4 heteroatoms. The summed E-state index contributed by atoms with van der Waals surface area (Å²) in [7, 11) is 0. The molecule has 2 rings (SSSR count). The van der Waals surface area contributed by atoms with Crippen LogP contribution in [0.3, 0.4) is 0 Å². The van der Waals surface area contributed by atoms with Crippen LogP contribution in [0.25, 0.3) is 0 Å². The highest BCUT2D eigenvalue weighted by Gasteiger charge is 2.32. The van der Waals surface area contributed by atoms with Gasteiger partial charge in [0.2, 0.25) is 5.91 Å². The molecule has 98 valence electrons. The normalized spacial score (nSPS) is 14.8. The van der Waals surface area contributed by atoms with Crippen molar-refractivity contribution < 1.29 is 4.79 Å². The lowest BCUT2D eigenvalue weighted by Gasteiger charge is -2.23. The van der Waals surface area contributed by atoms with Gasteiger partial charge in [-0.2, -0.15) is 0 Å². The zero-order valence-corrected chi connectivity index (χ0v) is 11.1. The maximum atomic E-state index is 12.2. The van der Waals surface area contributed by atoms with Gasteiger partial charge in [-0.05, 0) is 30.5 Å². The summed E-state index contributed by atoms with van der Waals surface area (Å²) in [4.78, 5) is 18.2. The average Bonchev–Trinajstić information content (AvgIpc) is 3.18. The van der Waals surface area contributed by atoms with Crippen molar-refractivity contribution >= 4 is 5.91 Å². The molecule has 0 aliphatic heterocycles. The predicted molar refractivity (Wildman–Crippen MR) is 70.9 cm³/mol. The minimum absolute atomic E-state index is 0.197. The van der Waals surface area contributed by atoms with Crippen LogP contribution in [0, 0.1) is 0 Å². The Morgan fingerprint density at radius 3 is 2.67 bits per heavy atom. The van der Waals surface area contributed by atoms with Crippen molar-refractivity contribution in [2.75, 3.05) is 6.54 Å².